The monoisotopic (exact) mass is 190 g/mol. The van der Waals surface area contributed by atoms with Crippen molar-refractivity contribution >= 4 is 5.97 Å². The van der Waals surface area contributed by atoms with E-state index in [9.17, 15) is 4.79 Å². The van der Waals surface area contributed by atoms with Crippen molar-refractivity contribution in [1.29, 1.82) is 0 Å². The molecule has 14 heavy (non-hydrogen) atoms. The number of carbonyl (C=O) groups is 1. The van der Waals surface area contributed by atoms with Crippen molar-refractivity contribution in [1.82, 2.24) is 0 Å². The van der Waals surface area contributed by atoms with Crippen LogP contribution in [0.4, 0.5) is 0 Å². The van der Waals surface area contributed by atoms with Crippen LogP contribution in [0.3, 0.4) is 0 Å². The second-order valence-electron chi connectivity index (χ2n) is 4.19. The van der Waals surface area contributed by atoms with Crippen molar-refractivity contribution in [3.05, 3.63) is 34.9 Å². The van der Waals surface area contributed by atoms with Gasteiger partial charge in [0.15, 0.2) is 0 Å². The van der Waals surface area contributed by atoms with Gasteiger partial charge in [0.05, 0.1) is 5.41 Å². The first-order valence-corrected chi connectivity index (χ1v) is 4.87. The van der Waals surface area contributed by atoms with Gasteiger partial charge in [0.2, 0.25) is 0 Å². The second-order valence-corrected chi connectivity index (χ2v) is 4.19. The van der Waals surface area contributed by atoms with Crippen molar-refractivity contribution in [2.24, 2.45) is 0 Å². The lowest BCUT2D eigenvalue weighted by atomic mass is 9.93. The van der Waals surface area contributed by atoms with E-state index >= 15 is 0 Å². The number of rotatable bonds is 2. The van der Waals surface area contributed by atoms with E-state index in [1.165, 1.54) is 11.1 Å². The molecule has 2 rings (SSSR count). The Morgan fingerprint density at radius 1 is 1.29 bits per heavy atom. The van der Waals surface area contributed by atoms with Crippen LogP contribution in [-0.4, -0.2) is 11.1 Å². The zero-order chi connectivity index (χ0) is 10.3. The van der Waals surface area contributed by atoms with Crippen molar-refractivity contribution < 1.29 is 9.90 Å². The maximum Gasteiger partial charge on any atom is 0.314 e. The summed E-state index contributed by atoms with van der Waals surface area (Å²) in [6, 6.07) is 5.97. The molecule has 0 aromatic heterocycles. The first-order chi connectivity index (χ1) is 6.56. The van der Waals surface area contributed by atoms with E-state index in [2.05, 4.69) is 0 Å². The van der Waals surface area contributed by atoms with Gasteiger partial charge in [-0.3, -0.25) is 4.79 Å². The largest absolute Gasteiger partial charge is 0.481 e. The minimum Gasteiger partial charge on any atom is -0.481 e. The molecule has 74 valence electrons. The van der Waals surface area contributed by atoms with Crippen molar-refractivity contribution in [2.45, 2.75) is 32.1 Å². The third-order valence-corrected chi connectivity index (χ3v) is 3.22. The predicted molar refractivity (Wildman–Crippen MR) is 54.5 cm³/mol. The van der Waals surface area contributed by atoms with Gasteiger partial charge < -0.3 is 5.11 Å². The summed E-state index contributed by atoms with van der Waals surface area (Å²) >= 11 is 0. The Bertz CT molecular complexity index is 389. The van der Waals surface area contributed by atoms with E-state index in [-0.39, 0.29) is 0 Å². The number of aliphatic carboxylic acids is 1. The first kappa shape index (κ1) is 9.25. The molecule has 2 nitrogen and oxygen atoms in total. The van der Waals surface area contributed by atoms with E-state index < -0.39 is 11.4 Å². The van der Waals surface area contributed by atoms with Crippen LogP contribution in [0.5, 0.6) is 0 Å². The summed E-state index contributed by atoms with van der Waals surface area (Å²) < 4.78 is 0. The molecule has 0 bridgehead atoms. The van der Waals surface area contributed by atoms with Gasteiger partial charge in [-0.25, -0.2) is 0 Å². The molecular weight excluding hydrogens is 176 g/mol. The number of hydrogen-bond acceptors (Lipinski definition) is 1. The van der Waals surface area contributed by atoms with Crippen LogP contribution in [0.15, 0.2) is 18.2 Å². The molecule has 1 aromatic rings. The molecule has 1 aliphatic rings. The average molecular weight is 190 g/mol. The quantitative estimate of drug-likeness (QED) is 0.777. The topological polar surface area (TPSA) is 37.3 Å². The van der Waals surface area contributed by atoms with E-state index in [1.54, 1.807) is 0 Å². The highest BCUT2D eigenvalue weighted by Gasteiger charge is 2.51. The van der Waals surface area contributed by atoms with Crippen LogP contribution in [0, 0.1) is 13.8 Å². The summed E-state index contributed by atoms with van der Waals surface area (Å²) in [4.78, 5) is 11.1. The first-order valence-electron chi connectivity index (χ1n) is 4.87. The third kappa shape index (κ3) is 1.22. The minimum absolute atomic E-state index is 0.557. The van der Waals surface area contributed by atoms with Crippen LogP contribution >= 0.6 is 0 Å². The van der Waals surface area contributed by atoms with Gasteiger partial charge in [-0.2, -0.15) is 0 Å². The Morgan fingerprint density at radius 2 is 1.93 bits per heavy atom. The van der Waals surface area contributed by atoms with Crippen LogP contribution in [0.25, 0.3) is 0 Å². The SMILES string of the molecule is Cc1ccc(C2(C(=O)O)CC2)cc1C. The fourth-order valence-electron chi connectivity index (χ4n) is 1.79. The second kappa shape index (κ2) is 2.84. The standard InChI is InChI=1S/C12H14O2/c1-8-3-4-10(7-9(8)2)12(5-6-12)11(13)14/h3-4,7H,5-6H2,1-2H3,(H,13,14). The molecule has 1 saturated carbocycles. The summed E-state index contributed by atoms with van der Waals surface area (Å²) in [6.07, 6.45) is 1.57. The molecular formula is C12H14O2. The molecule has 1 fully saturated rings. The third-order valence-electron chi connectivity index (χ3n) is 3.22. The Balaban J connectivity index is 2.43. The van der Waals surface area contributed by atoms with E-state index in [0.717, 1.165) is 18.4 Å². The fraction of sp³-hybridized carbons (Fsp3) is 0.417. The molecule has 1 aromatic carbocycles. The van der Waals surface area contributed by atoms with Gasteiger partial charge in [-0.1, -0.05) is 18.2 Å². The normalized spacial score (nSPS) is 17.9. The number of aryl methyl sites for hydroxylation is 2. The van der Waals surface area contributed by atoms with Gasteiger partial charge in [-0.15, -0.1) is 0 Å². The number of hydrogen-bond donors (Lipinski definition) is 1. The van der Waals surface area contributed by atoms with Crippen LogP contribution < -0.4 is 0 Å². The van der Waals surface area contributed by atoms with Crippen molar-refractivity contribution in [2.75, 3.05) is 0 Å². The Kier molecular flexibility index (Phi) is 1.88. The van der Waals surface area contributed by atoms with Gasteiger partial charge >= 0.3 is 5.97 Å². The Morgan fingerprint density at radius 3 is 2.36 bits per heavy atom. The molecule has 0 spiro atoms. The lowest BCUT2D eigenvalue weighted by Gasteiger charge is -2.11. The molecule has 0 saturated heterocycles. The summed E-state index contributed by atoms with van der Waals surface area (Å²) in [7, 11) is 0. The van der Waals surface area contributed by atoms with Crippen LogP contribution in [0.2, 0.25) is 0 Å². The molecule has 2 heteroatoms. The maximum atomic E-state index is 11.1. The lowest BCUT2D eigenvalue weighted by Crippen LogP contribution is -2.19. The van der Waals surface area contributed by atoms with Crippen LogP contribution in [0.1, 0.15) is 29.5 Å². The Hall–Kier alpha value is -1.31. The van der Waals surface area contributed by atoms with E-state index in [4.69, 9.17) is 5.11 Å². The van der Waals surface area contributed by atoms with Gasteiger partial charge in [0.1, 0.15) is 0 Å². The predicted octanol–water partition coefficient (Wildman–Crippen LogP) is 2.42. The van der Waals surface area contributed by atoms with E-state index in [0.29, 0.717) is 0 Å². The highest BCUT2D eigenvalue weighted by molar-refractivity contribution is 5.85. The van der Waals surface area contributed by atoms with E-state index in [1.807, 2.05) is 32.0 Å². The molecule has 0 atom stereocenters. The zero-order valence-electron chi connectivity index (χ0n) is 8.50. The Labute approximate surface area is 83.6 Å². The smallest absolute Gasteiger partial charge is 0.314 e. The summed E-state index contributed by atoms with van der Waals surface area (Å²) in [5.74, 6) is -0.680. The molecule has 1 N–H and O–H groups in total. The maximum absolute atomic E-state index is 11.1. The zero-order valence-corrected chi connectivity index (χ0v) is 8.50. The number of benzene rings is 1. The van der Waals surface area contributed by atoms with Gasteiger partial charge in [0.25, 0.3) is 0 Å². The number of carboxylic acids is 1. The summed E-state index contributed by atoms with van der Waals surface area (Å²) in [6.45, 7) is 4.07. The molecule has 0 radical (unpaired) electrons. The highest BCUT2D eigenvalue weighted by atomic mass is 16.4. The molecule has 0 amide bonds. The highest BCUT2D eigenvalue weighted by Crippen LogP contribution is 2.48. The molecule has 1 aliphatic carbocycles. The minimum atomic E-state index is -0.680. The summed E-state index contributed by atoms with van der Waals surface area (Å²) in [5.41, 5.74) is 2.80. The van der Waals surface area contributed by atoms with Crippen LogP contribution in [-0.2, 0) is 10.2 Å². The lowest BCUT2D eigenvalue weighted by molar-refractivity contribution is -0.140. The van der Waals surface area contributed by atoms with Crippen molar-refractivity contribution in [3.63, 3.8) is 0 Å². The molecule has 0 aliphatic heterocycles. The van der Waals surface area contributed by atoms with Crippen molar-refractivity contribution in [3.8, 4) is 0 Å². The van der Waals surface area contributed by atoms with Gasteiger partial charge in [-0.05, 0) is 43.4 Å². The van der Waals surface area contributed by atoms with Gasteiger partial charge in [0, 0.05) is 0 Å². The average Bonchev–Trinajstić information content (AvgIpc) is 2.90. The molecule has 0 unspecified atom stereocenters. The number of carboxylic acid groups (broad SMARTS) is 1. The molecule has 0 heterocycles. The summed E-state index contributed by atoms with van der Waals surface area (Å²) in [5, 5.41) is 9.12. The fourth-order valence-corrected chi connectivity index (χ4v) is 1.79.